The lowest BCUT2D eigenvalue weighted by Crippen LogP contribution is -2.17. The lowest BCUT2D eigenvalue weighted by atomic mass is 10.1. The molecule has 1 heterocycles. The van der Waals surface area contributed by atoms with Gasteiger partial charge in [-0.05, 0) is 31.2 Å². The molecule has 0 aliphatic heterocycles. The van der Waals surface area contributed by atoms with Crippen molar-refractivity contribution < 1.29 is 4.92 Å². The first-order chi connectivity index (χ1) is 10.1. The van der Waals surface area contributed by atoms with Gasteiger partial charge in [-0.2, -0.15) is 0 Å². The Morgan fingerprint density at radius 1 is 1.33 bits per heavy atom. The van der Waals surface area contributed by atoms with E-state index >= 15 is 0 Å². The molecule has 0 amide bonds. The molecule has 1 aromatic heterocycles. The number of rotatable bonds is 6. The largest absolute Gasteiger partial charge is 0.310 e. The van der Waals surface area contributed by atoms with Gasteiger partial charge in [-0.25, -0.2) is 4.98 Å². The summed E-state index contributed by atoms with van der Waals surface area (Å²) in [5, 5.41) is 15.1. The first-order valence-corrected chi connectivity index (χ1v) is 7.54. The smallest absolute Gasteiger partial charge is 0.283 e. The lowest BCUT2D eigenvalue weighted by molar-refractivity contribution is -0.387. The SMILES string of the molecule is CCNC(C)c1ccc(Sc2ccccc2[N+](=O)[O-])nc1. The van der Waals surface area contributed by atoms with Crippen LogP contribution in [0.15, 0.2) is 52.5 Å². The Labute approximate surface area is 127 Å². The van der Waals surface area contributed by atoms with Crippen LogP contribution in [0.4, 0.5) is 5.69 Å². The van der Waals surface area contributed by atoms with Gasteiger partial charge in [0.15, 0.2) is 0 Å². The number of para-hydroxylation sites is 1. The van der Waals surface area contributed by atoms with E-state index in [1.807, 2.05) is 18.3 Å². The van der Waals surface area contributed by atoms with Crippen LogP contribution in [0.25, 0.3) is 0 Å². The average molecular weight is 303 g/mol. The van der Waals surface area contributed by atoms with Crippen LogP contribution in [-0.2, 0) is 0 Å². The molecule has 2 aromatic rings. The summed E-state index contributed by atoms with van der Waals surface area (Å²) >= 11 is 1.30. The second-order valence-corrected chi connectivity index (χ2v) is 5.60. The zero-order valence-electron chi connectivity index (χ0n) is 11.9. The maximum atomic E-state index is 11.0. The molecule has 1 aromatic carbocycles. The van der Waals surface area contributed by atoms with E-state index in [0.29, 0.717) is 4.90 Å². The number of pyridine rings is 1. The zero-order valence-corrected chi connectivity index (χ0v) is 12.8. The first kappa shape index (κ1) is 15.5. The maximum Gasteiger partial charge on any atom is 0.283 e. The first-order valence-electron chi connectivity index (χ1n) is 6.72. The van der Waals surface area contributed by atoms with Gasteiger partial charge in [-0.3, -0.25) is 10.1 Å². The molecule has 5 nitrogen and oxygen atoms in total. The van der Waals surface area contributed by atoms with Crippen molar-refractivity contribution in [3.05, 3.63) is 58.3 Å². The molecule has 6 heteroatoms. The fourth-order valence-corrected chi connectivity index (χ4v) is 2.80. The molecule has 0 aliphatic carbocycles. The van der Waals surface area contributed by atoms with E-state index in [9.17, 15) is 10.1 Å². The quantitative estimate of drug-likeness (QED) is 0.649. The van der Waals surface area contributed by atoms with Gasteiger partial charge in [0.25, 0.3) is 5.69 Å². The molecule has 21 heavy (non-hydrogen) atoms. The van der Waals surface area contributed by atoms with E-state index in [4.69, 9.17) is 0 Å². The van der Waals surface area contributed by atoms with Crippen molar-refractivity contribution in [2.24, 2.45) is 0 Å². The van der Waals surface area contributed by atoms with Crippen molar-refractivity contribution >= 4 is 17.4 Å². The van der Waals surface area contributed by atoms with Crippen molar-refractivity contribution in [3.63, 3.8) is 0 Å². The summed E-state index contributed by atoms with van der Waals surface area (Å²) in [6, 6.07) is 10.8. The van der Waals surface area contributed by atoms with E-state index in [1.165, 1.54) is 17.8 Å². The molecule has 1 unspecified atom stereocenters. The molecule has 0 aliphatic rings. The Kier molecular flexibility index (Phi) is 5.30. The van der Waals surface area contributed by atoms with Crippen molar-refractivity contribution in [1.29, 1.82) is 0 Å². The van der Waals surface area contributed by atoms with Gasteiger partial charge in [-0.1, -0.05) is 36.9 Å². The summed E-state index contributed by atoms with van der Waals surface area (Å²) in [6.45, 7) is 5.03. The van der Waals surface area contributed by atoms with Crippen molar-refractivity contribution in [2.45, 2.75) is 29.8 Å². The van der Waals surface area contributed by atoms with Crippen molar-refractivity contribution in [3.8, 4) is 0 Å². The van der Waals surface area contributed by atoms with Crippen LogP contribution in [0.2, 0.25) is 0 Å². The number of nitro benzene ring substituents is 1. The van der Waals surface area contributed by atoms with Crippen molar-refractivity contribution in [2.75, 3.05) is 6.54 Å². The molecule has 0 radical (unpaired) electrons. The fraction of sp³-hybridized carbons (Fsp3) is 0.267. The van der Waals surface area contributed by atoms with Crippen LogP contribution in [-0.4, -0.2) is 16.5 Å². The normalized spacial score (nSPS) is 12.1. The van der Waals surface area contributed by atoms with E-state index in [1.54, 1.807) is 18.2 Å². The highest BCUT2D eigenvalue weighted by Crippen LogP contribution is 2.33. The van der Waals surface area contributed by atoms with Gasteiger partial charge < -0.3 is 5.32 Å². The molecule has 1 atom stereocenters. The average Bonchev–Trinajstić information content (AvgIpc) is 2.48. The van der Waals surface area contributed by atoms with E-state index in [-0.39, 0.29) is 16.7 Å². The van der Waals surface area contributed by atoms with Crippen LogP contribution < -0.4 is 5.32 Å². The molecule has 2 rings (SSSR count). The number of nitro groups is 1. The number of hydrogen-bond acceptors (Lipinski definition) is 5. The van der Waals surface area contributed by atoms with Crippen LogP contribution in [0.1, 0.15) is 25.5 Å². The van der Waals surface area contributed by atoms with E-state index in [0.717, 1.165) is 17.1 Å². The predicted octanol–water partition coefficient (Wildman–Crippen LogP) is 3.81. The minimum atomic E-state index is -0.371. The summed E-state index contributed by atoms with van der Waals surface area (Å²) < 4.78 is 0. The summed E-state index contributed by atoms with van der Waals surface area (Å²) in [7, 11) is 0. The highest BCUT2D eigenvalue weighted by molar-refractivity contribution is 7.99. The number of benzene rings is 1. The second-order valence-electron chi connectivity index (χ2n) is 4.54. The minimum Gasteiger partial charge on any atom is -0.310 e. The van der Waals surface area contributed by atoms with Gasteiger partial charge in [0.05, 0.1) is 9.82 Å². The summed E-state index contributed by atoms with van der Waals surface area (Å²) in [4.78, 5) is 15.6. The summed E-state index contributed by atoms with van der Waals surface area (Å²) in [6.07, 6.45) is 1.81. The number of nitrogens with zero attached hydrogens (tertiary/aromatic N) is 2. The Morgan fingerprint density at radius 2 is 2.10 bits per heavy atom. The molecular formula is C15H17N3O2S. The lowest BCUT2D eigenvalue weighted by Gasteiger charge is -2.12. The Morgan fingerprint density at radius 3 is 2.71 bits per heavy atom. The van der Waals surface area contributed by atoms with Crippen LogP contribution in [0.3, 0.4) is 0 Å². The van der Waals surface area contributed by atoms with Gasteiger partial charge in [0.1, 0.15) is 5.03 Å². The fourth-order valence-electron chi connectivity index (χ4n) is 1.94. The third kappa shape index (κ3) is 4.03. The molecule has 0 saturated carbocycles. The van der Waals surface area contributed by atoms with Gasteiger partial charge in [0.2, 0.25) is 0 Å². The minimum absolute atomic E-state index is 0.106. The maximum absolute atomic E-state index is 11.0. The zero-order chi connectivity index (χ0) is 15.2. The molecular weight excluding hydrogens is 286 g/mol. The molecule has 0 fully saturated rings. The van der Waals surface area contributed by atoms with Gasteiger partial charge in [0, 0.05) is 18.3 Å². The standard InChI is InChI=1S/C15H17N3O2S/c1-3-16-11(2)12-8-9-15(17-10-12)21-14-7-5-4-6-13(14)18(19)20/h4-11,16H,3H2,1-2H3. The van der Waals surface area contributed by atoms with Crippen LogP contribution in [0.5, 0.6) is 0 Å². The highest BCUT2D eigenvalue weighted by atomic mass is 32.2. The summed E-state index contributed by atoms with van der Waals surface area (Å²) in [5.41, 5.74) is 1.21. The van der Waals surface area contributed by atoms with Crippen LogP contribution >= 0.6 is 11.8 Å². The van der Waals surface area contributed by atoms with E-state index < -0.39 is 0 Å². The van der Waals surface area contributed by atoms with E-state index in [2.05, 4.69) is 24.1 Å². The van der Waals surface area contributed by atoms with Crippen LogP contribution in [0, 0.1) is 10.1 Å². The third-order valence-corrected chi connectivity index (χ3v) is 4.06. The monoisotopic (exact) mass is 303 g/mol. The van der Waals surface area contributed by atoms with Crippen molar-refractivity contribution in [1.82, 2.24) is 10.3 Å². The number of aromatic nitrogens is 1. The molecule has 0 bridgehead atoms. The highest BCUT2D eigenvalue weighted by Gasteiger charge is 2.14. The predicted molar refractivity (Wildman–Crippen MR) is 83.5 cm³/mol. The topological polar surface area (TPSA) is 68.1 Å². The number of hydrogen-bond donors (Lipinski definition) is 1. The van der Waals surface area contributed by atoms with Gasteiger partial charge in [-0.15, -0.1) is 0 Å². The Bertz CT molecular complexity index is 617. The molecule has 110 valence electrons. The third-order valence-electron chi connectivity index (χ3n) is 3.05. The molecule has 1 N–H and O–H groups in total. The Balaban J connectivity index is 2.16. The number of nitrogens with one attached hydrogen (secondary N) is 1. The van der Waals surface area contributed by atoms with Gasteiger partial charge >= 0.3 is 0 Å². The molecule has 0 spiro atoms. The summed E-state index contributed by atoms with van der Waals surface area (Å²) in [5.74, 6) is 0. The molecule has 0 saturated heterocycles. The Hall–Kier alpha value is -1.92. The second kappa shape index (κ2) is 7.19.